The lowest BCUT2D eigenvalue weighted by atomic mass is 10.0. The van der Waals surface area contributed by atoms with Crippen LogP contribution in [0.3, 0.4) is 0 Å². The Hall–Kier alpha value is -1.82. The maximum atomic E-state index is 10.9. The molecule has 0 saturated heterocycles. The number of benzene rings is 1. The number of carboxylic acids is 1. The second-order valence-electron chi connectivity index (χ2n) is 4.12. The lowest BCUT2D eigenvalue weighted by Gasteiger charge is -2.09. The van der Waals surface area contributed by atoms with Crippen molar-refractivity contribution in [3.05, 3.63) is 33.4 Å². The molecule has 0 aliphatic heterocycles. The van der Waals surface area contributed by atoms with E-state index in [9.17, 15) is 4.79 Å². The van der Waals surface area contributed by atoms with Crippen LogP contribution in [-0.4, -0.2) is 23.3 Å². The molecule has 6 heteroatoms. The molecule has 1 aromatic carbocycles. The fraction of sp³-hybridized carbons (Fsp3) is 0.231. The molecule has 19 heavy (non-hydrogen) atoms. The lowest BCUT2D eigenvalue weighted by Crippen LogP contribution is -1.97. The molecule has 2 aromatic rings. The minimum absolute atomic E-state index is 0.136. The first-order chi connectivity index (χ1) is 8.95. The number of methoxy groups -OCH3 is 1. The van der Waals surface area contributed by atoms with Gasteiger partial charge < -0.3 is 14.4 Å². The first-order valence-electron chi connectivity index (χ1n) is 5.49. The van der Waals surface area contributed by atoms with Gasteiger partial charge in [0, 0.05) is 5.56 Å². The molecule has 1 N–H and O–H groups in total. The van der Waals surface area contributed by atoms with Gasteiger partial charge in [-0.2, -0.15) is 0 Å². The molecular weight excluding hydrogens is 314 g/mol. The molecular formula is C13H12BrNO4. The van der Waals surface area contributed by atoms with Crippen molar-refractivity contribution in [1.29, 1.82) is 0 Å². The van der Waals surface area contributed by atoms with Crippen molar-refractivity contribution in [3.63, 3.8) is 0 Å². The molecule has 0 aliphatic rings. The van der Waals surface area contributed by atoms with Gasteiger partial charge in [0.1, 0.15) is 10.2 Å². The van der Waals surface area contributed by atoms with Crippen LogP contribution >= 0.6 is 15.9 Å². The Morgan fingerprint density at radius 3 is 2.58 bits per heavy atom. The van der Waals surface area contributed by atoms with Crippen LogP contribution in [0.25, 0.3) is 11.3 Å². The van der Waals surface area contributed by atoms with Crippen molar-refractivity contribution < 1.29 is 19.2 Å². The summed E-state index contributed by atoms with van der Waals surface area (Å²) in [6.07, 6.45) is 0. The van der Waals surface area contributed by atoms with E-state index in [1.54, 1.807) is 7.11 Å². The highest BCUT2D eigenvalue weighted by molar-refractivity contribution is 9.10. The third kappa shape index (κ3) is 2.35. The third-order valence-corrected chi connectivity index (χ3v) is 3.56. The Labute approximate surface area is 118 Å². The normalized spacial score (nSPS) is 10.5. The summed E-state index contributed by atoms with van der Waals surface area (Å²) in [5.74, 6) is 0.0424. The van der Waals surface area contributed by atoms with Gasteiger partial charge in [-0.05, 0) is 53.0 Å². The van der Waals surface area contributed by atoms with E-state index in [1.165, 1.54) is 0 Å². The molecule has 0 saturated carbocycles. The monoisotopic (exact) mass is 325 g/mol. The van der Waals surface area contributed by atoms with Crippen LogP contribution in [0, 0.1) is 13.8 Å². The number of aryl methyl sites for hydroxylation is 2. The van der Waals surface area contributed by atoms with Crippen LogP contribution in [0.2, 0.25) is 0 Å². The summed E-state index contributed by atoms with van der Waals surface area (Å²) < 4.78 is 10.7. The van der Waals surface area contributed by atoms with Crippen molar-refractivity contribution in [3.8, 4) is 17.1 Å². The maximum absolute atomic E-state index is 10.9. The second-order valence-corrected chi connectivity index (χ2v) is 4.91. The Kier molecular flexibility index (Phi) is 3.61. The van der Waals surface area contributed by atoms with Gasteiger partial charge in [0.25, 0.3) is 0 Å². The van der Waals surface area contributed by atoms with Crippen LogP contribution in [0.5, 0.6) is 5.75 Å². The molecule has 0 spiro atoms. The summed E-state index contributed by atoms with van der Waals surface area (Å²) in [6, 6.07) is 3.76. The third-order valence-electron chi connectivity index (χ3n) is 2.82. The predicted molar refractivity (Wildman–Crippen MR) is 72.6 cm³/mol. The summed E-state index contributed by atoms with van der Waals surface area (Å²) in [4.78, 5) is 10.9. The van der Waals surface area contributed by atoms with Gasteiger partial charge in [-0.15, -0.1) is 0 Å². The van der Waals surface area contributed by atoms with E-state index in [1.807, 2.05) is 26.0 Å². The van der Waals surface area contributed by atoms with E-state index >= 15 is 0 Å². The quantitative estimate of drug-likeness (QED) is 0.935. The van der Waals surface area contributed by atoms with E-state index in [-0.39, 0.29) is 5.69 Å². The van der Waals surface area contributed by atoms with Crippen LogP contribution in [0.15, 0.2) is 21.1 Å². The number of nitrogens with zero attached hydrogens (tertiary/aromatic N) is 1. The van der Waals surface area contributed by atoms with E-state index in [4.69, 9.17) is 14.4 Å². The predicted octanol–water partition coefficient (Wildman–Crippen LogP) is 3.43. The molecule has 1 aromatic heterocycles. The largest absolute Gasteiger partial charge is 0.496 e. The number of rotatable bonds is 3. The zero-order valence-electron chi connectivity index (χ0n) is 10.7. The maximum Gasteiger partial charge on any atom is 0.359 e. The Morgan fingerprint density at radius 1 is 1.37 bits per heavy atom. The Morgan fingerprint density at radius 2 is 2.05 bits per heavy atom. The van der Waals surface area contributed by atoms with Crippen LogP contribution in [-0.2, 0) is 0 Å². The van der Waals surface area contributed by atoms with Crippen molar-refractivity contribution in [2.24, 2.45) is 0 Å². The zero-order chi connectivity index (χ0) is 14.2. The molecule has 0 radical (unpaired) electrons. The van der Waals surface area contributed by atoms with Gasteiger partial charge >= 0.3 is 5.97 Å². The number of ether oxygens (including phenoxy) is 1. The second kappa shape index (κ2) is 5.05. The van der Waals surface area contributed by atoms with E-state index in [0.717, 1.165) is 22.4 Å². The number of carbonyl (C=O) groups is 1. The number of hydrogen-bond donors (Lipinski definition) is 1. The number of hydrogen-bond acceptors (Lipinski definition) is 4. The lowest BCUT2D eigenvalue weighted by molar-refractivity contribution is 0.0685. The topological polar surface area (TPSA) is 72.6 Å². The SMILES string of the molecule is COc1cc(C)c(-c2onc(C(=O)O)c2Br)cc1C. The average molecular weight is 326 g/mol. The highest BCUT2D eigenvalue weighted by Crippen LogP contribution is 2.36. The molecule has 0 unspecified atom stereocenters. The fourth-order valence-corrected chi connectivity index (χ4v) is 2.36. The van der Waals surface area contributed by atoms with Crippen LogP contribution in [0.1, 0.15) is 21.6 Å². The number of aromatic nitrogens is 1. The van der Waals surface area contributed by atoms with E-state index < -0.39 is 5.97 Å². The van der Waals surface area contributed by atoms with Gasteiger partial charge in [-0.3, -0.25) is 0 Å². The van der Waals surface area contributed by atoms with Crippen LogP contribution < -0.4 is 4.74 Å². The number of aromatic carboxylic acids is 1. The zero-order valence-corrected chi connectivity index (χ0v) is 12.2. The van der Waals surface area contributed by atoms with Gasteiger partial charge in [0.15, 0.2) is 5.76 Å². The van der Waals surface area contributed by atoms with Crippen molar-refractivity contribution in [2.45, 2.75) is 13.8 Å². The van der Waals surface area contributed by atoms with Gasteiger partial charge in [-0.1, -0.05) is 5.16 Å². The molecule has 2 rings (SSSR count). The first kappa shape index (κ1) is 13.6. The average Bonchev–Trinajstić information content (AvgIpc) is 2.73. The summed E-state index contributed by atoms with van der Waals surface area (Å²) >= 11 is 3.21. The summed E-state index contributed by atoms with van der Waals surface area (Å²) in [5, 5.41) is 12.5. The van der Waals surface area contributed by atoms with Gasteiger partial charge in [0.2, 0.25) is 5.69 Å². The molecule has 0 aliphatic carbocycles. The highest BCUT2D eigenvalue weighted by atomic mass is 79.9. The Balaban J connectivity index is 2.60. The van der Waals surface area contributed by atoms with E-state index in [0.29, 0.717) is 10.2 Å². The Bertz CT molecular complexity index is 648. The van der Waals surface area contributed by atoms with Crippen molar-refractivity contribution >= 4 is 21.9 Å². The summed E-state index contributed by atoms with van der Waals surface area (Å²) in [6.45, 7) is 3.80. The smallest absolute Gasteiger partial charge is 0.359 e. The minimum atomic E-state index is -1.13. The standard InChI is InChI=1S/C13H12BrNO4/c1-6-5-9(18-3)7(2)4-8(6)12-10(14)11(13(16)17)15-19-12/h4-5H,1-3H3,(H,16,17). The fourth-order valence-electron chi connectivity index (χ4n) is 1.83. The molecule has 0 fully saturated rings. The van der Waals surface area contributed by atoms with Crippen molar-refractivity contribution in [1.82, 2.24) is 5.16 Å². The molecule has 5 nitrogen and oxygen atoms in total. The van der Waals surface area contributed by atoms with E-state index in [2.05, 4.69) is 21.1 Å². The molecule has 0 bridgehead atoms. The molecule has 1 heterocycles. The molecule has 100 valence electrons. The van der Waals surface area contributed by atoms with Gasteiger partial charge in [0.05, 0.1) is 7.11 Å². The summed E-state index contributed by atoms with van der Waals surface area (Å²) in [5.41, 5.74) is 2.49. The van der Waals surface area contributed by atoms with Crippen molar-refractivity contribution in [2.75, 3.05) is 7.11 Å². The highest BCUT2D eigenvalue weighted by Gasteiger charge is 2.22. The molecule has 0 amide bonds. The summed E-state index contributed by atoms with van der Waals surface area (Å²) in [7, 11) is 1.61. The first-order valence-corrected chi connectivity index (χ1v) is 6.29. The van der Waals surface area contributed by atoms with Gasteiger partial charge in [-0.25, -0.2) is 4.79 Å². The number of halogens is 1. The van der Waals surface area contributed by atoms with Crippen LogP contribution in [0.4, 0.5) is 0 Å². The number of carboxylic acid groups (broad SMARTS) is 1. The molecule has 0 atom stereocenters. The minimum Gasteiger partial charge on any atom is -0.496 e.